The van der Waals surface area contributed by atoms with Gasteiger partial charge in [-0.1, -0.05) is 27.5 Å². The van der Waals surface area contributed by atoms with E-state index in [1.165, 1.54) is 18.2 Å². The van der Waals surface area contributed by atoms with E-state index in [2.05, 4.69) is 21.2 Å². The van der Waals surface area contributed by atoms with E-state index in [0.29, 0.717) is 11.3 Å². The standard InChI is InChI=1S/C15H11BrClNO3/c1-8-6-9(16)2-4-11(8)14(19)18-10-3-5-12(15(20)21)13(17)7-10/h2-7H,1H3,(H,18,19)(H,20,21). The lowest BCUT2D eigenvalue weighted by atomic mass is 10.1. The normalized spacial score (nSPS) is 10.2. The van der Waals surface area contributed by atoms with Gasteiger partial charge in [-0.25, -0.2) is 4.79 Å². The molecule has 21 heavy (non-hydrogen) atoms. The molecule has 0 aromatic heterocycles. The van der Waals surface area contributed by atoms with Crippen LogP contribution in [0, 0.1) is 6.92 Å². The number of nitrogens with one attached hydrogen (secondary N) is 1. The highest BCUT2D eigenvalue weighted by atomic mass is 79.9. The van der Waals surface area contributed by atoms with Crippen molar-refractivity contribution >= 4 is 45.1 Å². The van der Waals surface area contributed by atoms with E-state index in [1.54, 1.807) is 12.1 Å². The lowest BCUT2D eigenvalue weighted by Crippen LogP contribution is -2.13. The zero-order valence-corrected chi connectivity index (χ0v) is 13.3. The van der Waals surface area contributed by atoms with Gasteiger partial charge in [0.2, 0.25) is 0 Å². The average molecular weight is 369 g/mol. The minimum absolute atomic E-state index is 0.00510. The Balaban J connectivity index is 2.23. The molecule has 108 valence electrons. The molecule has 0 aliphatic carbocycles. The summed E-state index contributed by atoms with van der Waals surface area (Å²) in [7, 11) is 0. The summed E-state index contributed by atoms with van der Waals surface area (Å²) in [6, 6.07) is 9.60. The van der Waals surface area contributed by atoms with Crippen LogP contribution in [-0.4, -0.2) is 17.0 Å². The summed E-state index contributed by atoms with van der Waals surface area (Å²) in [5, 5.41) is 11.7. The van der Waals surface area contributed by atoms with E-state index < -0.39 is 5.97 Å². The lowest BCUT2D eigenvalue weighted by molar-refractivity contribution is 0.0697. The number of aryl methyl sites for hydroxylation is 1. The van der Waals surface area contributed by atoms with Crippen molar-refractivity contribution in [2.24, 2.45) is 0 Å². The Morgan fingerprint density at radius 2 is 1.81 bits per heavy atom. The topological polar surface area (TPSA) is 66.4 Å². The maximum Gasteiger partial charge on any atom is 0.337 e. The zero-order chi connectivity index (χ0) is 15.6. The van der Waals surface area contributed by atoms with Crippen molar-refractivity contribution in [1.82, 2.24) is 0 Å². The zero-order valence-electron chi connectivity index (χ0n) is 11.0. The number of aromatic carboxylic acids is 1. The Hall–Kier alpha value is -1.85. The Morgan fingerprint density at radius 3 is 2.38 bits per heavy atom. The molecule has 0 aliphatic heterocycles. The van der Waals surface area contributed by atoms with Gasteiger partial charge >= 0.3 is 5.97 Å². The van der Waals surface area contributed by atoms with Crippen LogP contribution in [0.1, 0.15) is 26.3 Å². The summed E-state index contributed by atoms with van der Waals surface area (Å²) in [5.41, 5.74) is 1.80. The van der Waals surface area contributed by atoms with Crippen molar-refractivity contribution in [2.45, 2.75) is 6.92 Å². The molecular formula is C15H11BrClNO3. The second-order valence-corrected chi connectivity index (χ2v) is 5.74. The highest BCUT2D eigenvalue weighted by Crippen LogP contribution is 2.22. The maximum atomic E-state index is 12.2. The van der Waals surface area contributed by atoms with E-state index in [1.807, 2.05) is 13.0 Å². The Bertz CT molecular complexity index is 731. The molecule has 0 heterocycles. The number of rotatable bonds is 3. The first-order valence-corrected chi connectivity index (χ1v) is 7.16. The van der Waals surface area contributed by atoms with E-state index in [-0.39, 0.29) is 16.5 Å². The molecule has 1 amide bonds. The van der Waals surface area contributed by atoms with Crippen LogP contribution in [0.25, 0.3) is 0 Å². The first-order valence-electron chi connectivity index (χ1n) is 5.99. The number of benzene rings is 2. The number of carbonyl (C=O) groups is 2. The predicted molar refractivity (Wildman–Crippen MR) is 85.2 cm³/mol. The van der Waals surface area contributed by atoms with Crippen LogP contribution in [0.3, 0.4) is 0 Å². The van der Waals surface area contributed by atoms with Gasteiger partial charge in [-0.3, -0.25) is 4.79 Å². The fourth-order valence-corrected chi connectivity index (χ4v) is 2.58. The van der Waals surface area contributed by atoms with Gasteiger partial charge in [0.05, 0.1) is 10.6 Å². The van der Waals surface area contributed by atoms with Gasteiger partial charge in [0.15, 0.2) is 0 Å². The number of hydrogen-bond acceptors (Lipinski definition) is 2. The molecular weight excluding hydrogens is 358 g/mol. The van der Waals surface area contributed by atoms with Crippen molar-refractivity contribution in [3.63, 3.8) is 0 Å². The fourth-order valence-electron chi connectivity index (χ4n) is 1.85. The third-order valence-electron chi connectivity index (χ3n) is 2.89. The van der Waals surface area contributed by atoms with Crippen molar-refractivity contribution in [3.05, 3.63) is 62.6 Å². The maximum absolute atomic E-state index is 12.2. The van der Waals surface area contributed by atoms with Crippen molar-refractivity contribution in [3.8, 4) is 0 Å². The fraction of sp³-hybridized carbons (Fsp3) is 0.0667. The van der Waals surface area contributed by atoms with Crippen LogP contribution >= 0.6 is 27.5 Å². The first-order chi connectivity index (χ1) is 9.88. The van der Waals surface area contributed by atoms with Gasteiger partial charge in [0.1, 0.15) is 0 Å². The van der Waals surface area contributed by atoms with E-state index in [0.717, 1.165) is 10.0 Å². The molecule has 0 bridgehead atoms. The van der Waals surface area contributed by atoms with Crippen LogP contribution in [0.2, 0.25) is 5.02 Å². The number of carboxylic acid groups (broad SMARTS) is 1. The number of carbonyl (C=O) groups excluding carboxylic acids is 1. The minimum Gasteiger partial charge on any atom is -0.478 e. The molecule has 0 spiro atoms. The van der Waals surface area contributed by atoms with Crippen molar-refractivity contribution in [2.75, 3.05) is 5.32 Å². The Kier molecular flexibility index (Phi) is 4.65. The van der Waals surface area contributed by atoms with Crippen molar-refractivity contribution < 1.29 is 14.7 Å². The summed E-state index contributed by atoms with van der Waals surface area (Å²) in [6.07, 6.45) is 0. The smallest absolute Gasteiger partial charge is 0.337 e. The van der Waals surface area contributed by atoms with Crippen LogP contribution < -0.4 is 5.32 Å². The third kappa shape index (κ3) is 3.62. The molecule has 0 saturated carbocycles. The number of amides is 1. The van der Waals surface area contributed by atoms with Gasteiger partial charge in [-0.15, -0.1) is 0 Å². The number of hydrogen-bond donors (Lipinski definition) is 2. The molecule has 2 rings (SSSR count). The van der Waals surface area contributed by atoms with Crippen LogP contribution in [0.4, 0.5) is 5.69 Å². The summed E-state index contributed by atoms with van der Waals surface area (Å²) in [6.45, 7) is 1.83. The second kappa shape index (κ2) is 6.28. The highest BCUT2D eigenvalue weighted by molar-refractivity contribution is 9.10. The monoisotopic (exact) mass is 367 g/mol. The highest BCUT2D eigenvalue weighted by Gasteiger charge is 2.12. The van der Waals surface area contributed by atoms with Gasteiger partial charge < -0.3 is 10.4 Å². The van der Waals surface area contributed by atoms with Crippen molar-refractivity contribution in [1.29, 1.82) is 0 Å². The number of halogens is 2. The third-order valence-corrected chi connectivity index (χ3v) is 3.70. The average Bonchev–Trinajstić information content (AvgIpc) is 2.37. The molecule has 0 fully saturated rings. The van der Waals surface area contributed by atoms with E-state index >= 15 is 0 Å². The minimum atomic E-state index is -1.11. The quantitative estimate of drug-likeness (QED) is 0.846. The van der Waals surface area contributed by atoms with Crippen LogP contribution in [-0.2, 0) is 0 Å². The van der Waals surface area contributed by atoms with Gasteiger partial charge in [0, 0.05) is 15.7 Å². The van der Waals surface area contributed by atoms with Gasteiger partial charge in [0.25, 0.3) is 5.91 Å². The summed E-state index contributed by atoms with van der Waals surface area (Å²) in [4.78, 5) is 23.1. The molecule has 2 aromatic rings. The van der Waals surface area contributed by atoms with Crippen LogP contribution in [0.15, 0.2) is 40.9 Å². The molecule has 2 N–H and O–H groups in total. The molecule has 6 heteroatoms. The molecule has 2 aromatic carbocycles. The molecule has 0 radical (unpaired) electrons. The summed E-state index contributed by atoms with van der Waals surface area (Å²) >= 11 is 9.21. The van der Waals surface area contributed by atoms with Gasteiger partial charge in [-0.2, -0.15) is 0 Å². The molecule has 4 nitrogen and oxygen atoms in total. The lowest BCUT2D eigenvalue weighted by Gasteiger charge is -2.09. The predicted octanol–water partition coefficient (Wildman–Crippen LogP) is 4.36. The largest absolute Gasteiger partial charge is 0.478 e. The second-order valence-electron chi connectivity index (χ2n) is 4.41. The van der Waals surface area contributed by atoms with Gasteiger partial charge in [-0.05, 0) is 48.9 Å². The summed E-state index contributed by atoms with van der Waals surface area (Å²) in [5.74, 6) is -1.39. The Labute approximate surface area is 134 Å². The van der Waals surface area contributed by atoms with E-state index in [4.69, 9.17) is 16.7 Å². The SMILES string of the molecule is Cc1cc(Br)ccc1C(=O)Nc1ccc(C(=O)O)c(Cl)c1. The molecule has 0 saturated heterocycles. The first kappa shape index (κ1) is 15.5. The number of anilines is 1. The molecule has 0 unspecified atom stereocenters. The summed E-state index contributed by atoms with van der Waals surface area (Å²) < 4.78 is 0.894. The molecule has 0 atom stereocenters. The van der Waals surface area contributed by atoms with Crippen LogP contribution in [0.5, 0.6) is 0 Å². The number of carboxylic acids is 1. The van der Waals surface area contributed by atoms with E-state index in [9.17, 15) is 9.59 Å². The molecule has 0 aliphatic rings. The Morgan fingerprint density at radius 1 is 1.14 bits per heavy atom.